The molecule has 0 saturated carbocycles. The monoisotopic (exact) mass is 528 g/mol. The predicted molar refractivity (Wildman–Crippen MR) is 144 cm³/mol. The molecule has 39 heavy (non-hydrogen) atoms. The molecule has 1 saturated heterocycles. The number of aromatic nitrogens is 2. The minimum atomic E-state index is -1.03. The molecule has 6 rings (SSSR count). The van der Waals surface area contributed by atoms with Gasteiger partial charge in [0.05, 0.1) is 17.8 Å². The molecule has 2 aromatic heterocycles. The van der Waals surface area contributed by atoms with E-state index in [1.54, 1.807) is 31.2 Å². The Morgan fingerprint density at radius 1 is 1.10 bits per heavy atom. The fraction of sp³-hybridized carbons (Fsp3) is 0.233. The van der Waals surface area contributed by atoms with Crippen LogP contribution in [0.1, 0.15) is 44.2 Å². The third kappa shape index (κ3) is 4.24. The van der Waals surface area contributed by atoms with Gasteiger partial charge in [-0.1, -0.05) is 17.3 Å². The maximum atomic E-state index is 14.1. The van der Waals surface area contributed by atoms with E-state index >= 15 is 0 Å². The van der Waals surface area contributed by atoms with Crippen molar-refractivity contribution in [2.45, 2.75) is 33.0 Å². The van der Waals surface area contributed by atoms with Gasteiger partial charge in [-0.05, 0) is 73.9 Å². The number of hydrogen-bond acceptors (Lipinski definition) is 4. The van der Waals surface area contributed by atoms with Gasteiger partial charge in [-0.25, -0.2) is 8.78 Å². The van der Waals surface area contributed by atoms with Crippen LogP contribution in [-0.2, 0) is 6.54 Å². The van der Waals surface area contributed by atoms with Crippen LogP contribution in [0.25, 0.3) is 32.9 Å². The van der Waals surface area contributed by atoms with Gasteiger partial charge in [0, 0.05) is 46.1 Å². The molecule has 0 spiro atoms. The number of likely N-dealkylation sites (tertiary alicyclic amines) is 1. The number of benzene rings is 3. The number of fused-ring (bicyclic) bond motifs is 3. The first-order chi connectivity index (χ1) is 18.7. The van der Waals surface area contributed by atoms with E-state index in [0.717, 1.165) is 16.6 Å². The van der Waals surface area contributed by atoms with Gasteiger partial charge < -0.3 is 19.7 Å². The van der Waals surface area contributed by atoms with Crippen molar-refractivity contribution in [1.29, 1.82) is 0 Å². The molecule has 5 aromatic rings. The first-order valence-corrected chi connectivity index (χ1v) is 12.7. The molecule has 3 heterocycles. The Balaban J connectivity index is 1.63. The van der Waals surface area contributed by atoms with Gasteiger partial charge in [-0.15, -0.1) is 0 Å². The standard InChI is InChI=1S/C30H26F2N4O3/c1-16-27(17(2)39-34-16)20-12-24(29(33)37)28-23-11-19(30(38)35-9-8-22(32)15-35)6-7-25(23)36(26(28)13-20)14-18-4-3-5-21(31)10-18/h3-7,10-13,22H,8-9,14-15H2,1-2H3,(H2,33,37)/t22-/m0/s1. The molecular weight excluding hydrogens is 502 g/mol. The second-order valence-electron chi connectivity index (χ2n) is 10.1. The quantitative estimate of drug-likeness (QED) is 0.324. The first-order valence-electron chi connectivity index (χ1n) is 12.7. The van der Waals surface area contributed by atoms with Crippen molar-refractivity contribution in [2.75, 3.05) is 13.1 Å². The van der Waals surface area contributed by atoms with E-state index in [0.29, 0.717) is 58.4 Å². The van der Waals surface area contributed by atoms with Crippen molar-refractivity contribution < 1.29 is 22.9 Å². The predicted octanol–water partition coefficient (Wildman–Crippen LogP) is 5.54. The highest BCUT2D eigenvalue weighted by Gasteiger charge is 2.28. The van der Waals surface area contributed by atoms with Crippen molar-refractivity contribution in [1.82, 2.24) is 14.6 Å². The topological polar surface area (TPSA) is 94.4 Å². The smallest absolute Gasteiger partial charge is 0.253 e. The van der Waals surface area contributed by atoms with Crippen LogP contribution >= 0.6 is 0 Å². The van der Waals surface area contributed by atoms with E-state index in [2.05, 4.69) is 5.16 Å². The summed E-state index contributed by atoms with van der Waals surface area (Å²) in [6, 6.07) is 15.2. The Hall–Kier alpha value is -4.53. The fourth-order valence-corrected chi connectivity index (χ4v) is 5.66. The van der Waals surface area contributed by atoms with Crippen LogP contribution in [0.15, 0.2) is 59.1 Å². The van der Waals surface area contributed by atoms with E-state index in [1.807, 2.05) is 29.7 Å². The summed E-state index contributed by atoms with van der Waals surface area (Å²) < 4.78 is 35.3. The van der Waals surface area contributed by atoms with Gasteiger partial charge in [0.1, 0.15) is 17.7 Å². The summed E-state index contributed by atoms with van der Waals surface area (Å²) in [6.07, 6.45) is -0.716. The fourth-order valence-electron chi connectivity index (χ4n) is 5.66. The Morgan fingerprint density at radius 3 is 2.59 bits per heavy atom. The molecule has 1 aliphatic rings. The molecule has 1 fully saturated rings. The lowest BCUT2D eigenvalue weighted by Gasteiger charge is -2.15. The largest absolute Gasteiger partial charge is 0.366 e. The Bertz CT molecular complexity index is 1770. The number of carbonyl (C=O) groups is 2. The zero-order valence-corrected chi connectivity index (χ0v) is 21.5. The van der Waals surface area contributed by atoms with Crippen LogP contribution in [0.5, 0.6) is 0 Å². The van der Waals surface area contributed by atoms with Crippen molar-refractivity contribution in [3.8, 4) is 11.1 Å². The zero-order chi connectivity index (χ0) is 27.4. The maximum Gasteiger partial charge on any atom is 0.253 e. The number of nitrogens with two attached hydrogens (primary N) is 1. The molecule has 0 radical (unpaired) electrons. The maximum absolute atomic E-state index is 14.1. The minimum absolute atomic E-state index is 0.0610. The van der Waals surface area contributed by atoms with E-state index in [4.69, 9.17) is 10.3 Å². The SMILES string of the molecule is Cc1noc(C)c1-c1cc(C(N)=O)c2c3cc(C(=O)N4CC[C@H](F)C4)ccc3n(Cc3cccc(F)c3)c2c1. The number of nitrogens with zero attached hydrogens (tertiary/aromatic N) is 3. The summed E-state index contributed by atoms with van der Waals surface area (Å²) in [5, 5.41) is 5.30. The number of aryl methyl sites for hydroxylation is 2. The molecule has 3 aromatic carbocycles. The summed E-state index contributed by atoms with van der Waals surface area (Å²) in [5.74, 6) is -0.655. The molecule has 9 heteroatoms. The molecule has 198 valence electrons. The molecule has 0 aliphatic carbocycles. The average molecular weight is 529 g/mol. The highest BCUT2D eigenvalue weighted by molar-refractivity contribution is 6.20. The van der Waals surface area contributed by atoms with Crippen LogP contribution in [0.3, 0.4) is 0 Å². The zero-order valence-electron chi connectivity index (χ0n) is 21.5. The van der Waals surface area contributed by atoms with Crippen molar-refractivity contribution in [2.24, 2.45) is 5.73 Å². The average Bonchev–Trinajstić information content (AvgIpc) is 3.58. The third-order valence-corrected chi connectivity index (χ3v) is 7.45. The lowest BCUT2D eigenvalue weighted by Crippen LogP contribution is -2.28. The number of alkyl halides is 1. The molecule has 0 bridgehead atoms. The van der Waals surface area contributed by atoms with Gasteiger partial charge in [0.2, 0.25) is 5.91 Å². The summed E-state index contributed by atoms with van der Waals surface area (Å²) in [4.78, 5) is 27.5. The lowest BCUT2D eigenvalue weighted by atomic mass is 9.97. The lowest BCUT2D eigenvalue weighted by molar-refractivity contribution is 0.0782. The Morgan fingerprint density at radius 2 is 1.92 bits per heavy atom. The van der Waals surface area contributed by atoms with Crippen LogP contribution in [0.2, 0.25) is 0 Å². The van der Waals surface area contributed by atoms with Crippen LogP contribution in [-0.4, -0.2) is 45.7 Å². The van der Waals surface area contributed by atoms with Crippen molar-refractivity contribution in [3.05, 3.63) is 88.6 Å². The van der Waals surface area contributed by atoms with Crippen molar-refractivity contribution >= 4 is 33.6 Å². The molecule has 7 nitrogen and oxygen atoms in total. The van der Waals surface area contributed by atoms with E-state index in [-0.39, 0.29) is 23.8 Å². The molecular formula is C30H26F2N4O3. The van der Waals surface area contributed by atoms with Gasteiger partial charge >= 0.3 is 0 Å². The number of rotatable bonds is 5. The molecule has 1 atom stereocenters. The third-order valence-electron chi connectivity index (χ3n) is 7.45. The summed E-state index contributed by atoms with van der Waals surface area (Å²) in [5.41, 5.74) is 10.9. The summed E-state index contributed by atoms with van der Waals surface area (Å²) >= 11 is 0. The van der Waals surface area contributed by atoms with E-state index in [9.17, 15) is 18.4 Å². The van der Waals surface area contributed by atoms with Gasteiger partial charge in [0.25, 0.3) is 5.91 Å². The number of primary amides is 1. The Kier molecular flexibility index (Phi) is 5.94. The highest BCUT2D eigenvalue weighted by atomic mass is 19.1. The van der Waals surface area contributed by atoms with E-state index < -0.39 is 12.1 Å². The number of halogens is 2. The van der Waals surface area contributed by atoms with Crippen LogP contribution in [0, 0.1) is 19.7 Å². The summed E-state index contributed by atoms with van der Waals surface area (Å²) in [7, 11) is 0. The highest BCUT2D eigenvalue weighted by Crippen LogP contribution is 2.38. The van der Waals surface area contributed by atoms with Crippen molar-refractivity contribution in [3.63, 3.8) is 0 Å². The Labute approximate surface area is 222 Å². The van der Waals surface area contributed by atoms with Crippen LogP contribution < -0.4 is 5.73 Å². The molecule has 1 aliphatic heterocycles. The second kappa shape index (κ2) is 9.34. The summed E-state index contributed by atoms with van der Waals surface area (Å²) in [6.45, 7) is 4.34. The van der Waals surface area contributed by atoms with E-state index in [1.165, 1.54) is 17.0 Å². The van der Waals surface area contributed by atoms with Crippen LogP contribution in [0.4, 0.5) is 8.78 Å². The number of amides is 2. The van der Waals surface area contributed by atoms with Gasteiger partial charge in [-0.2, -0.15) is 0 Å². The molecule has 0 unspecified atom stereocenters. The second-order valence-corrected chi connectivity index (χ2v) is 10.1. The minimum Gasteiger partial charge on any atom is -0.366 e. The first kappa shape index (κ1) is 24.8. The normalized spacial score (nSPS) is 15.5. The number of carbonyl (C=O) groups excluding carboxylic acids is 2. The van der Waals surface area contributed by atoms with Gasteiger partial charge in [-0.3, -0.25) is 9.59 Å². The molecule has 2 N–H and O–H groups in total. The number of hydrogen-bond donors (Lipinski definition) is 1. The molecule has 2 amide bonds. The van der Waals surface area contributed by atoms with Gasteiger partial charge in [0.15, 0.2) is 0 Å².